The number of nitrogens with one attached hydrogen (secondary N) is 3. The zero-order valence-corrected chi connectivity index (χ0v) is 40.4. The van der Waals surface area contributed by atoms with E-state index in [9.17, 15) is 56.7 Å². The number of anilines is 1. The Balaban J connectivity index is 0.988. The number of rotatable bonds is 13. The van der Waals surface area contributed by atoms with Gasteiger partial charge in [-0.2, -0.15) is 8.78 Å². The van der Waals surface area contributed by atoms with E-state index in [-0.39, 0.29) is 79.8 Å². The number of halogens is 3. The Kier molecular flexibility index (Phi) is 14.7. The molecule has 4 heterocycles. The molecule has 0 saturated carbocycles. The number of likely N-dealkylation sites (tertiary alicyclic amines) is 1. The molecule has 0 aliphatic carbocycles. The number of hydrogen-bond acceptors (Lipinski definition) is 9. The first kappa shape index (κ1) is 50.0. The number of carbonyl (C=O) groups excluding carboxylic acids is 7. The molecule has 358 valence electrons. The molecule has 1 aromatic heterocycles. The van der Waals surface area contributed by atoms with Gasteiger partial charge in [-0.15, -0.1) is 11.3 Å². The van der Waals surface area contributed by atoms with Crippen molar-refractivity contribution in [2.45, 2.75) is 89.6 Å². The molecule has 3 atom stereocenters. The van der Waals surface area contributed by atoms with E-state index in [0.29, 0.717) is 39.9 Å². The molecule has 68 heavy (non-hydrogen) atoms. The van der Waals surface area contributed by atoms with Crippen LogP contribution in [0, 0.1) is 17.3 Å². The monoisotopic (exact) mass is 1040 g/mol. The number of thiophene rings is 1. The highest BCUT2D eigenvalue weighted by atomic mass is 79.9. The van der Waals surface area contributed by atoms with Crippen LogP contribution in [-0.2, 0) is 40.7 Å². The van der Waals surface area contributed by atoms with Gasteiger partial charge in [-0.05, 0) is 90.2 Å². The molecule has 3 aromatic carbocycles. The van der Waals surface area contributed by atoms with Crippen LogP contribution in [0.2, 0.25) is 0 Å². The smallest absolute Gasteiger partial charge is 0.355 e. The van der Waals surface area contributed by atoms with Gasteiger partial charge in [0.2, 0.25) is 29.5 Å². The molecular formula is C47H48BrF2N6O10PS. The van der Waals surface area contributed by atoms with Crippen molar-refractivity contribution in [3.8, 4) is 11.8 Å². The quantitative estimate of drug-likeness (QED) is 0.0471. The number of benzene rings is 3. The van der Waals surface area contributed by atoms with Gasteiger partial charge >= 0.3 is 13.3 Å². The predicted octanol–water partition coefficient (Wildman–Crippen LogP) is 5.77. The van der Waals surface area contributed by atoms with Crippen LogP contribution >= 0.6 is 34.9 Å². The van der Waals surface area contributed by atoms with Crippen molar-refractivity contribution in [1.29, 1.82) is 0 Å². The average Bonchev–Trinajstić information content (AvgIpc) is 4.03. The van der Waals surface area contributed by atoms with Crippen LogP contribution < -0.4 is 20.9 Å². The average molecular weight is 1040 g/mol. The Morgan fingerprint density at radius 2 is 1.76 bits per heavy atom. The van der Waals surface area contributed by atoms with Crippen LogP contribution in [0.4, 0.5) is 14.5 Å². The van der Waals surface area contributed by atoms with E-state index in [1.807, 2.05) is 0 Å². The van der Waals surface area contributed by atoms with E-state index < -0.39 is 66.0 Å². The SMILES string of the molecule is CC(C)(C)C(NC(=O)c1cc2cc(C(F)(F)P(=O)(O)O)ccc2s1)C(=O)N1CCCC1C(=O)N(CCC(=O)NCCC#Cc1cccc2c1CN(C1CCC(=O)NC1=O)C2=O)c1ccc(Br)cc1. The van der Waals surface area contributed by atoms with Gasteiger partial charge in [-0.3, -0.25) is 43.4 Å². The highest BCUT2D eigenvalue weighted by molar-refractivity contribution is 9.10. The number of alkyl halides is 2. The summed E-state index contributed by atoms with van der Waals surface area (Å²) in [5.74, 6) is 2.96. The number of piperidine rings is 1. The maximum Gasteiger partial charge on any atom is 0.399 e. The minimum atomic E-state index is -5.83. The van der Waals surface area contributed by atoms with Crippen molar-refractivity contribution in [3.63, 3.8) is 0 Å². The van der Waals surface area contributed by atoms with Crippen molar-refractivity contribution in [2.75, 3.05) is 24.5 Å². The standard InChI is InChI=1S/C47H48BrF2N6O10PS/c1-46(2,3)40(53-42(60)37-25-28-24-29(12-18-36(28)68-37)47(49,50)67(64,65)66)45(63)55-22-7-11-35(55)44(62)54(31-15-13-30(48)14-16-31)23-20-38(57)51-21-5-4-8-27-9-6-10-32-33(27)26-56(43(32)61)34-17-19-39(58)52-41(34)59/h6,9-10,12-16,18,24-25,34-35,40H,5,7,11,17,19-23,26H2,1-3H3,(H,51,57)(H,53,60)(H,52,58,59)(H2,64,65,66). The zero-order chi connectivity index (χ0) is 49.3. The third kappa shape index (κ3) is 10.7. The number of nitrogens with zero attached hydrogens (tertiary/aromatic N) is 3. The van der Waals surface area contributed by atoms with Crippen LogP contribution in [0.3, 0.4) is 0 Å². The van der Waals surface area contributed by atoms with E-state index >= 15 is 0 Å². The van der Waals surface area contributed by atoms with E-state index in [2.05, 4.69) is 43.7 Å². The first-order valence-corrected chi connectivity index (χ1v) is 25.0. The summed E-state index contributed by atoms with van der Waals surface area (Å²) >= 11 is 4.37. The van der Waals surface area contributed by atoms with Gasteiger partial charge in [-0.25, -0.2) is 0 Å². The minimum Gasteiger partial charge on any atom is -0.355 e. The molecule has 5 N–H and O–H groups in total. The maximum absolute atomic E-state index is 14.5. The van der Waals surface area contributed by atoms with Crippen LogP contribution in [0.1, 0.15) is 96.0 Å². The molecule has 4 aromatic rings. The molecule has 7 rings (SSSR count). The van der Waals surface area contributed by atoms with Gasteiger partial charge in [0.25, 0.3) is 11.8 Å². The number of imide groups is 1. The van der Waals surface area contributed by atoms with E-state index in [1.165, 1.54) is 26.8 Å². The van der Waals surface area contributed by atoms with Gasteiger partial charge in [-0.1, -0.05) is 60.7 Å². The highest BCUT2D eigenvalue weighted by Crippen LogP contribution is 2.59. The summed E-state index contributed by atoms with van der Waals surface area (Å²) in [6.07, 6.45) is 1.36. The molecule has 3 unspecified atom stereocenters. The normalized spacial score (nSPS) is 17.9. The van der Waals surface area contributed by atoms with E-state index in [4.69, 9.17) is 0 Å². The topological polar surface area (TPSA) is 223 Å². The van der Waals surface area contributed by atoms with Gasteiger partial charge in [0, 0.05) is 77.0 Å². The van der Waals surface area contributed by atoms with Crippen molar-refractivity contribution in [3.05, 3.63) is 98.3 Å². The summed E-state index contributed by atoms with van der Waals surface area (Å²) in [6, 6.07) is 13.6. The van der Waals surface area contributed by atoms with Crippen molar-refractivity contribution < 1.29 is 56.7 Å². The van der Waals surface area contributed by atoms with Crippen LogP contribution in [-0.4, -0.2) is 98.7 Å². The predicted molar refractivity (Wildman–Crippen MR) is 251 cm³/mol. The van der Waals surface area contributed by atoms with E-state index in [0.717, 1.165) is 27.9 Å². The summed E-state index contributed by atoms with van der Waals surface area (Å²) in [5, 5.41) is 8.07. The second-order valence-electron chi connectivity index (χ2n) is 17.8. The fourth-order valence-electron chi connectivity index (χ4n) is 8.41. The number of fused-ring (bicyclic) bond motifs is 2. The fourth-order valence-corrected chi connectivity index (χ4v) is 10.1. The van der Waals surface area contributed by atoms with Crippen molar-refractivity contribution in [2.24, 2.45) is 5.41 Å². The molecule has 0 radical (unpaired) electrons. The van der Waals surface area contributed by atoms with Gasteiger partial charge in [0.1, 0.15) is 18.1 Å². The molecule has 3 aliphatic heterocycles. The Bertz CT molecular complexity index is 2820. The molecule has 2 saturated heterocycles. The Morgan fingerprint density at radius 1 is 1.03 bits per heavy atom. The summed E-state index contributed by atoms with van der Waals surface area (Å²) in [6.45, 7) is 5.79. The summed E-state index contributed by atoms with van der Waals surface area (Å²) in [5.41, 5.74) is -3.99. The third-order valence-electron chi connectivity index (χ3n) is 12.0. The summed E-state index contributed by atoms with van der Waals surface area (Å²) < 4.78 is 41.6. The lowest BCUT2D eigenvalue weighted by atomic mass is 9.85. The number of hydrogen-bond donors (Lipinski definition) is 5. The van der Waals surface area contributed by atoms with Crippen LogP contribution in [0.15, 0.2) is 71.2 Å². The fraction of sp³-hybridized carbons (Fsp3) is 0.383. The Labute approximate surface area is 402 Å². The molecule has 16 nitrogen and oxygen atoms in total. The van der Waals surface area contributed by atoms with Gasteiger partial charge in [0.05, 0.1) is 4.88 Å². The van der Waals surface area contributed by atoms with Crippen LogP contribution in [0.5, 0.6) is 0 Å². The maximum atomic E-state index is 14.5. The summed E-state index contributed by atoms with van der Waals surface area (Å²) in [7, 11) is -5.83. The molecule has 3 aliphatic rings. The lowest BCUT2D eigenvalue weighted by Gasteiger charge is -2.36. The van der Waals surface area contributed by atoms with Crippen LogP contribution in [0.25, 0.3) is 10.1 Å². The first-order valence-electron chi connectivity index (χ1n) is 21.7. The largest absolute Gasteiger partial charge is 0.399 e. The first-order chi connectivity index (χ1) is 32.0. The Morgan fingerprint density at radius 3 is 2.46 bits per heavy atom. The van der Waals surface area contributed by atoms with Crippen molar-refractivity contribution in [1.82, 2.24) is 25.8 Å². The highest BCUT2D eigenvalue weighted by Gasteiger charge is 2.50. The third-order valence-corrected chi connectivity index (χ3v) is 14.6. The number of carbonyl (C=O) groups is 7. The molecule has 0 bridgehead atoms. The second kappa shape index (κ2) is 20.0. The Hall–Kier alpha value is -5.84. The minimum absolute atomic E-state index is 0.0302. The molecular weight excluding hydrogens is 989 g/mol. The molecule has 2 fully saturated rings. The van der Waals surface area contributed by atoms with Crippen molar-refractivity contribution >= 4 is 92.0 Å². The van der Waals surface area contributed by atoms with Gasteiger partial charge < -0.3 is 35.1 Å². The van der Waals surface area contributed by atoms with Gasteiger partial charge in [0.15, 0.2) is 0 Å². The second-order valence-corrected chi connectivity index (χ2v) is 21.4. The summed E-state index contributed by atoms with van der Waals surface area (Å²) in [4.78, 5) is 116. The zero-order valence-electron chi connectivity index (χ0n) is 37.1. The number of amides is 7. The molecule has 7 amide bonds. The van der Waals surface area contributed by atoms with E-state index in [1.54, 1.807) is 63.2 Å². The molecule has 0 spiro atoms. The lowest BCUT2D eigenvalue weighted by molar-refractivity contribution is -0.141. The molecule has 21 heteroatoms. The lowest BCUT2D eigenvalue weighted by Crippen LogP contribution is -2.58.